The fraction of sp³-hybridized carbons (Fsp3) is 0.385. The van der Waals surface area contributed by atoms with Crippen LogP contribution in [0.2, 0.25) is 0 Å². The van der Waals surface area contributed by atoms with E-state index in [0.29, 0.717) is 0 Å². The molecule has 0 aromatic heterocycles. The first-order valence-corrected chi connectivity index (χ1v) is 6.19. The molecule has 0 saturated heterocycles. The van der Waals surface area contributed by atoms with Crippen LogP contribution in [0.5, 0.6) is 0 Å². The fourth-order valence-electron chi connectivity index (χ4n) is 1.51. The van der Waals surface area contributed by atoms with Crippen molar-refractivity contribution in [1.29, 1.82) is 0 Å². The minimum Gasteiger partial charge on any atom is -0.304 e. The average Bonchev–Trinajstić information content (AvgIpc) is 2.20. The summed E-state index contributed by atoms with van der Waals surface area (Å²) in [4.78, 5) is 0. The molecule has 15 heavy (non-hydrogen) atoms. The number of aryl methyl sites for hydroxylation is 1. The Morgan fingerprint density at radius 1 is 1.40 bits per heavy atom. The van der Waals surface area contributed by atoms with E-state index in [2.05, 4.69) is 73.8 Å². The highest BCUT2D eigenvalue weighted by Gasteiger charge is 2.24. The molecular formula is C13H17IN+. The Morgan fingerprint density at radius 3 is 2.53 bits per heavy atom. The normalized spacial score (nSPS) is 13.3. The third-order valence-electron chi connectivity index (χ3n) is 2.59. The predicted octanol–water partition coefficient (Wildman–Crippen LogP) is 2.97. The molecule has 0 aliphatic rings. The van der Waals surface area contributed by atoms with Crippen molar-refractivity contribution in [2.75, 3.05) is 14.1 Å². The molecule has 1 aromatic carbocycles. The van der Waals surface area contributed by atoms with Gasteiger partial charge in [0.2, 0.25) is 0 Å². The quantitative estimate of drug-likeness (QED) is 0.265. The van der Waals surface area contributed by atoms with Gasteiger partial charge in [-0.3, -0.25) is 0 Å². The standard InChI is InChI=1S/C13H17IN/c1-5-13(14)15(3,4)10-12-9-7-6-8-11(12)2/h1,6-9,13H,10H2,2-4H3/q+1. The second-order valence-electron chi connectivity index (χ2n) is 4.37. The summed E-state index contributed by atoms with van der Waals surface area (Å²) in [7, 11) is 4.34. The van der Waals surface area contributed by atoms with E-state index in [1.54, 1.807) is 0 Å². The molecule has 0 aliphatic carbocycles. The van der Waals surface area contributed by atoms with Gasteiger partial charge in [-0.1, -0.05) is 24.3 Å². The van der Waals surface area contributed by atoms with Crippen LogP contribution in [0.15, 0.2) is 24.3 Å². The number of hydrogen-bond acceptors (Lipinski definition) is 0. The summed E-state index contributed by atoms with van der Waals surface area (Å²) in [5.41, 5.74) is 2.71. The molecule has 2 heteroatoms. The minimum absolute atomic E-state index is 0.210. The van der Waals surface area contributed by atoms with Gasteiger partial charge in [0.05, 0.1) is 14.1 Å². The molecule has 0 heterocycles. The molecular weight excluding hydrogens is 297 g/mol. The fourth-order valence-corrected chi connectivity index (χ4v) is 1.71. The summed E-state index contributed by atoms with van der Waals surface area (Å²) in [6.45, 7) is 3.12. The van der Waals surface area contributed by atoms with Crippen LogP contribution in [0, 0.1) is 19.3 Å². The Kier molecular flexibility index (Phi) is 4.18. The highest BCUT2D eigenvalue weighted by molar-refractivity contribution is 14.1. The van der Waals surface area contributed by atoms with E-state index >= 15 is 0 Å². The molecule has 80 valence electrons. The highest BCUT2D eigenvalue weighted by atomic mass is 127. The van der Waals surface area contributed by atoms with E-state index in [1.807, 2.05) is 0 Å². The van der Waals surface area contributed by atoms with Crippen LogP contribution in [-0.2, 0) is 6.54 Å². The van der Waals surface area contributed by atoms with E-state index < -0.39 is 0 Å². The second-order valence-corrected chi connectivity index (χ2v) is 5.55. The van der Waals surface area contributed by atoms with Crippen molar-refractivity contribution in [3.05, 3.63) is 35.4 Å². The van der Waals surface area contributed by atoms with Crippen molar-refractivity contribution in [2.24, 2.45) is 0 Å². The van der Waals surface area contributed by atoms with Crippen LogP contribution in [-0.4, -0.2) is 22.6 Å². The lowest BCUT2D eigenvalue weighted by atomic mass is 10.1. The smallest absolute Gasteiger partial charge is 0.200 e. The number of alkyl halides is 1. The predicted molar refractivity (Wildman–Crippen MR) is 73.6 cm³/mol. The largest absolute Gasteiger partial charge is 0.304 e. The summed E-state index contributed by atoms with van der Waals surface area (Å²) in [6, 6.07) is 8.48. The van der Waals surface area contributed by atoms with E-state index in [1.165, 1.54) is 11.1 Å². The van der Waals surface area contributed by atoms with Crippen LogP contribution in [0.3, 0.4) is 0 Å². The van der Waals surface area contributed by atoms with Crippen molar-refractivity contribution in [1.82, 2.24) is 0 Å². The molecule has 0 fully saturated rings. The zero-order valence-electron chi connectivity index (χ0n) is 9.50. The minimum atomic E-state index is 0.210. The lowest BCUT2D eigenvalue weighted by molar-refractivity contribution is -0.902. The zero-order chi connectivity index (χ0) is 11.5. The number of rotatable bonds is 3. The number of hydrogen-bond donors (Lipinski definition) is 0. The molecule has 1 aromatic rings. The monoisotopic (exact) mass is 314 g/mol. The molecule has 0 N–H and O–H groups in total. The first-order valence-electron chi connectivity index (χ1n) is 4.95. The third kappa shape index (κ3) is 3.22. The molecule has 1 nitrogen and oxygen atoms in total. The van der Waals surface area contributed by atoms with Gasteiger partial charge in [-0.05, 0) is 18.4 Å². The molecule has 0 bridgehead atoms. The van der Waals surface area contributed by atoms with Gasteiger partial charge in [-0.15, -0.1) is 6.42 Å². The topological polar surface area (TPSA) is 0 Å². The third-order valence-corrected chi connectivity index (χ3v) is 4.46. The molecule has 1 atom stereocenters. The van der Waals surface area contributed by atoms with Crippen molar-refractivity contribution >= 4 is 22.6 Å². The van der Waals surface area contributed by atoms with E-state index in [-0.39, 0.29) is 4.05 Å². The van der Waals surface area contributed by atoms with E-state index in [0.717, 1.165) is 11.0 Å². The molecule has 0 aliphatic heterocycles. The zero-order valence-corrected chi connectivity index (χ0v) is 11.7. The Hall–Kier alpha value is -0.530. The van der Waals surface area contributed by atoms with Crippen molar-refractivity contribution < 1.29 is 4.48 Å². The Balaban J connectivity index is 2.87. The summed E-state index contributed by atoms with van der Waals surface area (Å²) in [5, 5.41) is 0. The summed E-state index contributed by atoms with van der Waals surface area (Å²) >= 11 is 2.32. The van der Waals surface area contributed by atoms with Gasteiger partial charge in [-0.2, -0.15) is 0 Å². The summed E-state index contributed by atoms with van der Waals surface area (Å²) in [6.07, 6.45) is 5.48. The first-order chi connectivity index (χ1) is 6.97. The average molecular weight is 314 g/mol. The van der Waals surface area contributed by atoms with Crippen LogP contribution in [0.1, 0.15) is 11.1 Å². The van der Waals surface area contributed by atoms with Crippen molar-refractivity contribution in [3.8, 4) is 12.3 Å². The molecule has 1 rings (SSSR count). The van der Waals surface area contributed by atoms with Gasteiger partial charge in [-0.25, -0.2) is 0 Å². The second kappa shape index (κ2) is 5.00. The molecule has 0 radical (unpaired) electrons. The van der Waals surface area contributed by atoms with Crippen molar-refractivity contribution in [3.63, 3.8) is 0 Å². The Bertz CT molecular complexity index is 376. The van der Waals surface area contributed by atoms with Gasteiger partial charge in [0.15, 0.2) is 4.05 Å². The highest BCUT2D eigenvalue weighted by Crippen LogP contribution is 2.19. The Morgan fingerprint density at radius 2 is 2.00 bits per heavy atom. The Labute approximate surface area is 106 Å². The summed E-state index contributed by atoms with van der Waals surface area (Å²) in [5.74, 6) is 2.80. The maximum Gasteiger partial charge on any atom is 0.200 e. The summed E-state index contributed by atoms with van der Waals surface area (Å²) < 4.78 is 1.03. The van der Waals surface area contributed by atoms with Crippen LogP contribution in [0.4, 0.5) is 0 Å². The van der Waals surface area contributed by atoms with Gasteiger partial charge < -0.3 is 4.48 Å². The molecule has 0 spiro atoms. The van der Waals surface area contributed by atoms with Gasteiger partial charge >= 0.3 is 0 Å². The molecule has 0 saturated carbocycles. The van der Waals surface area contributed by atoms with E-state index in [9.17, 15) is 0 Å². The van der Waals surface area contributed by atoms with Crippen molar-refractivity contribution in [2.45, 2.75) is 17.5 Å². The maximum absolute atomic E-state index is 5.48. The molecule has 0 amide bonds. The lowest BCUT2D eigenvalue weighted by Gasteiger charge is -2.32. The van der Waals surface area contributed by atoms with Crippen LogP contribution < -0.4 is 0 Å². The van der Waals surface area contributed by atoms with Crippen LogP contribution in [0.25, 0.3) is 0 Å². The number of nitrogens with zero attached hydrogens (tertiary/aromatic N) is 1. The number of quaternary nitrogens is 1. The van der Waals surface area contributed by atoms with Gasteiger partial charge in [0.25, 0.3) is 0 Å². The number of benzene rings is 1. The SMILES string of the molecule is C#CC(I)[N+](C)(C)Cc1ccccc1C. The molecule has 1 unspecified atom stereocenters. The van der Waals surface area contributed by atoms with E-state index in [4.69, 9.17) is 6.42 Å². The van der Waals surface area contributed by atoms with Gasteiger partial charge in [0, 0.05) is 28.2 Å². The number of terminal acetylenes is 1. The van der Waals surface area contributed by atoms with Gasteiger partial charge in [0.1, 0.15) is 6.54 Å². The lowest BCUT2D eigenvalue weighted by Crippen LogP contribution is -2.44. The maximum atomic E-state index is 5.48. The first kappa shape index (κ1) is 12.5. The van der Waals surface area contributed by atoms with Crippen LogP contribution >= 0.6 is 22.6 Å². The number of halogens is 1.